The van der Waals surface area contributed by atoms with Gasteiger partial charge in [-0.15, -0.1) is 0 Å². The first-order chi connectivity index (χ1) is 9.63. The number of ether oxygens (including phenoxy) is 1. The number of carbonyl (C=O) groups excluding carboxylic acids is 3. The highest BCUT2D eigenvalue weighted by Gasteiger charge is 2.38. The van der Waals surface area contributed by atoms with Crippen LogP contribution in [0, 0.1) is 5.92 Å². The van der Waals surface area contributed by atoms with Gasteiger partial charge in [0.25, 0.3) is 5.78 Å². The second-order valence-electron chi connectivity index (χ2n) is 4.84. The van der Waals surface area contributed by atoms with Crippen LogP contribution in [0.15, 0.2) is 24.3 Å². The Morgan fingerprint density at radius 3 is 2.80 bits per heavy atom. The fraction of sp³-hybridized carbons (Fsp3) is 0.267. The van der Waals surface area contributed by atoms with E-state index in [4.69, 9.17) is 0 Å². The number of para-hydroxylation sites is 1. The highest BCUT2D eigenvalue weighted by Crippen LogP contribution is 2.31. The summed E-state index contributed by atoms with van der Waals surface area (Å²) >= 11 is 0. The molecule has 2 aromatic rings. The quantitative estimate of drug-likeness (QED) is 0.512. The summed E-state index contributed by atoms with van der Waals surface area (Å²) in [5.41, 5.74) is 2.25. The second kappa shape index (κ2) is 4.59. The molecule has 20 heavy (non-hydrogen) atoms. The van der Waals surface area contributed by atoms with Crippen LogP contribution in [0.4, 0.5) is 0 Å². The van der Waals surface area contributed by atoms with E-state index in [2.05, 4.69) is 9.72 Å². The van der Waals surface area contributed by atoms with Crippen molar-refractivity contribution < 1.29 is 19.1 Å². The van der Waals surface area contributed by atoms with Crippen LogP contribution in [0.2, 0.25) is 0 Å². The van der Waals surface area contributed by atoms with Crippen LogP contribution >= 0.6 is 0 Å². The number of ketones is 2. The van der Waals surface area contributed by atoms with Crippen molar-refractivity contribution in [2.24, 2.45) is 5.92 Å². The number of Topliss-reactive ketones (excluding diaryl/α,β-unsaturated/α-hetero) is 2. The fourth-order valence-corrected chi connectivity index (χ4v) is 2.76. The molecular weight excluding hydrogens is 258 g/mol. The van der Waals surface area contributed by atoms with Crippen molar-refractivity contribution in [1.82, 2.24) is 4.98 Å². The van der Waals surface area contributed by atoms with E-state index < -0.39 is 17.7 Å². The summed E-state index contributed by atoms with van der Waals surface area (Å²) in [4.78, 5) is 38.6. The molecule has 0 fully saturated rings. The third-order valence-electron chi connectivity index (χ3n) is 3.76. The van der Waals surface area contributed by atoms with Crippen LogP contribution in [0.5, 0.6) is 0 Å². The van der Waals surface area contributed by atoms with Gasteiger partial charge in [0.1, 0.15) is 0 Å². The first-order valence-electron chi connectivity index (χ1n) is 6.39. The van der Waals surface area contributed by atoms with E-state index in [1.54, 1.807) is 0 Å². The molecule has 5 heteroatoms. The Morgan fingerprint density at radius 2 is 2.05 bits per heavy atom. The first-order valence-corrected chi connectivity index (χ1v) is 6.39. The minimum absolute atomic E-state index is 0.321. The van der Waals surface area contributed by atoms with Gasteiger partial charge < -0.3 is 9.72 Å². The molecule has 0 radical (unpaired) electrons. The van der Waals surface area contributed by atoms with E-state index in [0.717, 1.165) is 23.6 Å². The van der Waals surface area contributed by atoms with E-state index >= 15 is 0 Å². The van der Waals surface area contributed by atoms with Gasteiger partial charge in [-0.3, -0.25) is 9.59 Å². The van der Waals surface area contributed by atoms with Crippen molar-refractivity contribution in [2.45, 2.75) is 12.8 Å². The number of fused-ring (bicyclic) bond motifs is 3. The Labute approximate surface area is 114 Å². The van der Waals surface area contributed by atoms with Gasteiger partial charge in [-0.2, -0.15) is 0 Å². The maximum atomic E-state index is 12.4. The third kappa shape index (κ3) is 1.74. The van der Waals surface area contributed by atoms with E-state index in [9.17, 15) is 14.4 Å². The van der Waals surface area contributed by atoms with Gasteiger partial charge in [0.05, 0.1) is 18.7 Å². The normalized spacial score (nSPS) is 17.9. The van der Waals surface area contributed by atoms with Crippen LogP contribution < -0.4 is 0 Å². The molecule has 1 N–H and O–H groups in total. The second-order valence-corrected chi connectivity index (χ2v) is 4.84. The zero-order valence-corrected chi connectivity index (χ0v) is 10.9. The molecule has 102 valence electrons. The Kier molecular flexibility index (Phi) is 2.89. The molecule has 5 nitrogen and oxygen atoms in total. The summed E-state index contributed by atoms with van der Waals surface area (Å²) < 4.78 is 4.41. The molecule has 1 aromatic carbocycles. The molecule has 1 heterocycles. The molecular formula is C15H13NO4. The SMILES string of the molecule is COC(=O)C(=O)[C@H]1CCc2c([nH]c3ccccc23)C1=O. The molecule has 0 saturated carbocycles. The van der Waals surface area contributed by atoms with Crippen molar-refractivity contribution in [1.29, 1.82) is 0 Å². The van der Waals surface area contributed by atoms with Gasteiger partial charge in [-0.25, -0.2) is 4.79 Å². The minimum atomic E-state index is -0.956. The number of nitrogens with one attached hydrogen (secondary N) is 1. The van der Waals surface area contributed by atoms with Crippen LogP contribution in [0.25, 0.3) is 10.9 Å². The monoisotopic (exact) mass is 271 g/mol. The average molecular weight is 271 g/mol. The Morgan fingerprint density at radius 1 is 1.30 bits per heavy atom. The van der Waals surface area contributed by atoms with E-state index in [-0.39, 0.29) is 5.78 Å². The van der Waals surface area contributed by atoms with Gasteiger partial charge in [-0.1, -0.05) is 18.2 Å². The fourth-order valence-electron chi connectivity index (χ4n) is 2.76. The summed E-state index contributed by atoms with van der Waals surface area (Å²) in [6.45, 7) is 0. The number of aromatic amines is 1. The summed E-state index contributed by atoms with van der Waals surface area (Å²) in [6, 6.07) is 7.62. The number of esters is 1. The lowest BCUT2D eigenvalue weighted by Gasteiger charge is -2.18. The van der Waals surface area contributed by atoms with Crippen LogP contribution in [0.3, 0.4) is 0 Å². The standard InChI is InChI=1S/C15H13NO4/c1-20-15(19)14(18)10-7-6-9-8-4-2-3-5-11(8)16-12(9)13(10)17/h2-5,10,16H,6-7H2,1H3/t10-/m0/s1. The van der Waals surface area contributed by atoms with Crippen LogP contribution in [-0.4, -0.2) is 29.6 Å². The van der Waals surface area contributed by atoms with Crippen molar-refractivity contribution in [3.63, 3.8) is 0 Å². The van der Waals surface area contributed by atoms with Gasteiger partial charge in [0.2, 0.25) is 0 Å². The number of rotatable bonds is 2. The van der Waals surface area contributed by atoms with Crippen molar-refractivity contribution in [3.8, 4) is 0 Å². The molecule has 1 aliphatic rings. The zero-order valence-electron chi connectivity index (χ0n) is 10.9. The van der Waals surface area contributed by atoms with Crippen LogP contribution in [-0.2, 0) is 20.7 Å². The lowest BCUT2D eigenvalue weighted by Crippen LogP contribution is -2.34. The summed E-state index contributed by atoms with van der Waals surface area (Å²) in [5.74, 6) is -2.97. The topological polar surface area (TPSA) is 76.2 Å². The summed E-state index contributed by atoms with van der Waals surface area (Å²) in [6.07, 6.45) is 0.945. The number of carbonyl (C=O) groups is 3. The van der Waals surface area contributed by atoms with Gasteiger partial charge in [-0.05, 0) is 24.5 Å². The van der Waals surface area contributed by atoms with Gasteiger partial charge in [0.15, 0.2) is 5.78 Å². The Balaban J connectivity index is 2.03. The molecule has 0 amide bonds. The Hall–Kier alpha value is -2.43. The van der Waals surface area contributed by atoms with Gasteiger partial charge >= 0.3 is 5.97 Å². The number of H-pyrrole nitrogens is 1. The number of aromatic nitrogens is 1. The highest BCUT2D eigenvalue weighted by molar-refractivity contribution is 6.39. The zero-order chi connectivity index (χ0) is 14.3. The molecule has 0 aliphatic heterocycles. The molecule has 0 unspecified atom stereocenters. The van der Waals surface area contributed by atoms with Crippen molar-refractivity contribution >= 4 is 28.4 Å². The lowest BCUT2D eigenvalue weighted by molar-refractivity contribution is -0.153. The molecule has 1 aromatic heterocycles. The summed E-state index contributed by atoms with van der Waals surface area (Å²) in [7, 11) is 1.14. The van der Waals surface area contributed by atoms with Gasteiger partial charge in [0, 0.05) is 10.9 Å². The van der Waals surface area contributed by atoms with Crippen molar-refractivity contribution in [3.05, 3.63) is 35.5 Å². The van der Waals surface area contributed by atoms with E-state index in [1.165, 1.54) is 0 Å². The largest absolute Gasteiger partial charge is 0.463 e. The summed E-state index contributed by atoms with van der Waals surface area (Å²) in [5, 5.41) is 1.000. The molecule has 0 spiro atoms. The van der Waals surface area contributed by atoms with E-state index in [1.807, 2.05) is 24.3 Å². The molecule has 1 aliphatic carbocycles. The highest BCUT2D eigenvalue weighted by atomic mass is 16.5. The van der Waals surface area contributed by atoms with Crippen LogP contribution in [0.1, 0.15) is 22.5 Å². The number of benzene rings is 1. The third-order valence-corrected chi connectivity index (χ3v) is 3.76. The average Bonchev–Trinajstić information content (AvgIpc) is 2.86. The predicted octanol–water partition coefficient (Wildman–Crippen LogP) is 1.66. The van der Waals surface area contributed by atoms with Crippen molar-refractivity contribution in [2.75, 3.05) is 7.11 Å². The minimum Gasteiger partial charge on any atom is -0.463 e. The molecule has 3 rings (SSSR count). The lowest BCUT2D eigenvalue weighted by atomic mass is 9.83. The number of aryl methyl sites for hydroxylation is 1. The predicted molar refractivity (Wildman–Crippen MR) is 71.5 cm³/mol. The Bertz CT molecular complexity index is 729. The van der Waals surface area contributed by atoms with E-state index in [0.29, 0.717) is 18.5 Å². The number of methoxy groups -OCH3 is 1. The molecule has 0 bridgehead atoms. The number of hydrogen-bond donors (Lipinski definition) is 1. The smallest absolute Gasteiger partial charge is 0.375 e. The molecule has 1 atom stereocenters. The molecule has 0 saturated heterocycles. The number of hydrogen-bond acceptors (Lipinski definition) is 4. The first kappa shape index (κ1) is 12.6. The maximum absolute atomic E-state index is 12.4. The maximum Gasteiger partial charge on any atom is 0.375 e.